The fourth-order valence-corrected chi connectivity index (χ4v) is 2.50. The van der Waals surface area contributed by atoms with Crippen LogP contribution in [0.4, 0.5) is 0 Å². The molecule has 0 unspecified atom stereocenters. The molecule has 0 bridgehead atoms. The van der Waals surface area contributed by atoms with Crippen LogP contribution in [0.15, 0.2) is 24.3 Å². The van der Waals surface area contributed by atoms with Gasteiger partial charge in [-0.05, 0) is 37.9 Å². The van der Waals surface area contributed by atoms with Gasteiger partial charge in [0.15, 0.2) is 0 Å². The maximum atomic E-state index is 11.0. The molecule has 0 spiro atoms. The fraction of sp³-hybridized carbons (Fsp3) is 0.538. The van der Waals surface area contributed by atoms with Gasteiger partial charge in [0.05, 0.1) is 5.75 Å². The van der Waals surface area contributed by atoms with Gasteiger partial charge in [-0.25, -0.2) is 8.42 Å². The molecule has 3 nitrogen and oxygen atoms in total. The van der Waals surface area contributed by atoms with Crippen molar-refractivity contribution < 1.29 is 8.42 Å². The van der Waals surface area contributed by atoms with Crippen molar-refractivity contribution in [2.24, 2.45) is 0 Å². The van der Waals surface area contributed by atoms with Crippen LogP contribution < -0.4 is 5.32 Å². The molecule has 0 saturated heterocycles. The Balaban J connectivity index is 2.41. The van der Waals surface area contributed by atoms with Crippen molar-refractivity contribution in [1.29, 1.82) is 0 Å². The molecule has 0 aliphatic rings. The number of hydrogen-bond donors (Lipinski definition) is 1. The van der Waals surface area contributed by atoms with Gasteiger partial charge in [-0.2, -0.15) is 0 Å². The number of aryl methyl sites for hydroxylation is 1. The normalized spacial score (nSPS) is 13.6. The zero-order valence-corrected chi connectivity index (χ0v) is 11.5. The van der Waals surface area contributed by atoms with E-state index in [1.54, 1.807) is 0 Å². The first-order valence-corrected chi connectivity index (χ1v) is 7.93. The zero-order chi connectivity index (χ0) is 12.9. The van der Waals surface area contributed by atoms with Gasteiger partial charge >= 0.3 is 0 Å². The van der Waals surface area contributed by atoms with Crippen molar-refractivity contribution in [2.75, 3.05) is 18.6 Å². The van der Waals surface area contributed by atoms with E-state index in [0.717, 1.165) is 6.54 Å². The van der Waals surface area contributed by atoms with Crippen molar-refractivity contribution in [3.05, 3.63) is 35.4 Å². The second kappa shape index (κ2) is 6.17. The van der Waals surface area contributed by atoms with Gasteiger partial charge in [0.25, 0.3) is 0 Å². The predicted octanol–water partition coefficient (Wildman–Crippen LogP) is 2.08. The molecular formula is C13H21NO2S. The van der Waals surface area contributed by atoms with Gasteiger partial charge < -0.3 is 5.32 Å². The van der Waals surface area contributed by atoms with Crippen LogP contribution in [0.3, 0.4) is 0 Å². The number of benzene rings is 1. The average molecular weight is 255 g/mol. The summed E-state index contributed by atoms with van der Waals surface area (Å²) < 4.78 is 21.9. The van der Waals surface area contributed by atoms with E-state index < -0.39 is 9.84 Å². The molecule has 1 N–H and O–H groups in total. The third-order valence-electron chi connectivity index (χ3n) is 2.80. The summed E-state index contributed by atoms with van der Waals surface area (Å²) in [6, 6.07) is 8.50. The quantitative estimate of drug-likeness (QED) is 0.792. The maximum absolute atomic E-state index is 11.0. The van der Waals surface area contributed by atoms with Crippen molar-refractivity contribution in [3.63, 3.8) is 0 Å². The lowest BCUT2D eigenvalue weighted by Gasteiger charge is -2.16. The molecule has 1 aromatic carbocycles. The summed E-state index contributed by atoms with van der Waals surface area (Å²) >= 11 is 0. The summed E-state index contributed by atoms with van der Waals surface area (Å²) in [6.45, 7) is 4.91. The highest BCUT2D eigenvalue weighted by atomic mass is 32.2. The monoisotopic (exact) mass is 255 g/mol. The van der Waals surface area contributed by atoms with Gasteiger partial charge in [-0.1, -0.05) is 24.3 Å². The molecule has 96 valence electrons. The van der Waals surface area contributed by atoms with Gasteiger partial charge in [-0.3, -0.25) is 0 Å². The van der Waals surface area contributed by atoms with Crippen LogP contribution >= 0.6 is 0 Å². The smallest absolute Gasteiger partial charge is 0.147 e. The molecule has 0 radical (unpaired) electrons. The second-order valence-electron chi connectivity index (χ2n) is 4.52. The summed E-state index contributed by atoms with van der Waals surface area (Å²) in [6.07, 6.45) is 1.94. The lowest BCUT2D eigenvalue weighted by Crippen LogP contribution is -2.22. The highest BCUT2D eigenvalue weighted by Crippen LogP contribution is 2.16. The van der Waals surface area contributed by atoms with E-state index in [1.807, 2.05) is 12.1 Å². The first-order valence-electron chi connectivity index (χ1n) is 5.87. The minimum absolute atomic E-state index is 0.250. The molecule has 0 amide bonds. The Morgan fingerprint density at radius 3 is 2.53 bits per heavy atom. The number of hydrogen-bond acceptors (Lipinski definition) is 3. The molecule has 1 rings (SSSR count). The summed E-state index contributed by atoms with van der Waals surface area (Å²) in [5.41, 5.74) is 2.53. The molecule has 0 aliphatic carbocycles. The van der Waals surface area contributed by atoms with Crippen LogP contribution in [0.2, 0.25) is 0 Å². The molecule has 0 heterocycles. The van der Waals surface area contributed by atoms with Crippen molar-refractivity contribution in [2.45, 2.75) is 26.3 Å². The molecular weight excluding hydrogens is 234 g/mol. The van der Waals surface area contributed by atoms with Gasteiger partial charge in [0.2, 0.25) is 0 Å². The van der Waals surface area contributed by atoms with E-state index >= 15 is 0 Å². The summed E-state index contributed by atoms with van der Waals surface area (Å²) in [7, 11) is -2.83. The molecule has 1 atom stereocenters. The van der Waals surface area contributed by atoms with E-state index in [1.165, 1.54) is 17.4 Å². The van der Waals surface area contributed by atoms with Crippen LogP contribution in [0, 0.1) is 6.92 Å². The van der Waals surface area contributed by atoms with Gasteiger partial charge in [0.1, 0.15) is 9.84 Å². The topological polar surface area (TPSA) is 46.2 Å². The molecule has 0 aromatic heterocycles. The van der Waals surface area contributed by atoms with Crippen LogP contribution in [0.1, 0.15) is 30.5 Å². The molecule has 0 fully saturated rings. The summed E-state index contributed by atoms with van der Waals surface area (Å²) in [5.74, 6) is 0.250. The Bertz CT molecular complexity index is 454. The van der Waals surface area contributed by atoms with Crippen LogP contribution in [0.25, 0.3) is 0 Å². The Labute approximate surface area is 104 Å². The highest BCUT2D eigenvalue weighted by Gasteiger charge is 2.07. The summed E-state index contributed by atoms with van der Waals surface area (Å²) in [4.78, 5) is 0. The SMILES string of the molecule is Cc1ccccc1[C@H](C)NCCCS(C)(=O)=O. The lowest BCUT2D eigenvalue weighted by atomic mass is 10.0. The maximum Gasteiger partial charge on any atom is 0.147 e. The van der Waals surface area contributed by atoms with E-state index in [-0.39, 0.29) is 11.8 Å². The van der Waals surface area contributed by atoms with E-state index in [4.69, 9.17) is 0 Å². The largest absolute Gasteiger partial charge is 0.310 e. The van der Waals surface area contributed by atoms with Crippen molar-refractivity contribution in [3.8, 4) is 0 Å². The van der Waals surface area contributed by atoms with E-state index in [9.17, 15) is 8.42 Å². The first-order chi connectivity index (χ1) is 7.90. The minimum Gasteiger partial charge on any atom is -0.310 e. The standard InChI is InChI=1S/C13H21NO2S/c1-11-7-4-5-8-13(11)12(2)14-9-6-10-17(3,15)16/h4-5,7-8,12,14H,6,9-10H2,1-3H3/t12-/m0/s1. The summed E-state index contributed by atoms with van der Waals surface area (Å²) in [5, 5.41) is 3.35. The molecule has 0 aliphatic heterocycles. The number of rotatable bonds is 6. The Kier molecular flexibility index (Phi) is 5.15. The third kappa shape index (κ3) is 5.33. The number of sulfone groups is 1. The van der Waals surface area contributed by atoms with Crippen LogP contribution in [0.5, 0.6) is 0 Å². The van der Waals surface area contributed by atoms with Gasteiger partial charge in [-0.15, -0.1) is 0 Å². The Morgan fingerprint density at radius 2 is 1.94 bits per heavy atom. The molecule has 0 saturated carbocycles. The fourth-order valence-electron chi connectivity index (χ4n) is 1.84. The van der Waals surface area contributed by atoms with E-state index in [2.05, 4.69) is 31.3 Å². The third-order valence-corrected chi connectivity index (χ3v) is 3.83. The second-order valence-corrected chi connectivity index (χ2v) is 6.78. The lowest BCUT2D eigenvalue weighted by molar-refractivity contribution is 0.560. The first kappa shape index (κ1) is 14.2. The molecule has 17 heavy (non-hydrogen) atoms. The number of nitrogens with one attached hydrogen (secondary N) is 1. The Morgan fingerprint density at radius 1 is 1.29 bits per heavy atom. The zero-order valence-electron chi connectivity index (χ0n) is 10.7. The molecule has 4 heteroatoms. The minimum atomic E-state index is -2.83. The van der Waals surface area contributed by atoms with Crippen molar-refractivity contribution >= 4 is 9.84 Å². The van der Waals surface area contributed by atoms with Crippen LogP contribution in [-0.2, 0) is 9.84 Å². The Hall–Kier alpha value is -0.870. The van der Waals surface area contributed by atoms with E-state index in [0.29, 0.717) is 6.42 Å². The van der Waals surface area contributed by atoms with Crippen molar-refractivity contribution in [1.82, 2.24) is 5.32 Å². The predicted molar refractivity (Wildman–Crippen MR) is 71.9 cm³/mol. The average Bonchev–Trinajstić information content (AvgIpc) is 2.23. The van der Waals surface area contributed by atoms with Crippen LogP contribution in [-0.4, -0.2) is 27.0 Å². The highest BCUT2D eigenvalue weighted by molar-refractivity contribution is 7.90. The molecule has 1 aromatic rings. The van der Waals surface area contributed by atoms with Gasteiger partial charge in [0, 0.05) is 12.3 Å².